The first-order valence-corrected chi connectivity index (χ1v) is 16.2. The zero-order chi connectivity index (χ0) is 32.8. The van der Waals surface area contributed by atoms with Crippen LogP contribution < -0.4 is 17.0 Å². The van der Waals surface area contributed by atoms with Gasteiger partial charge >= 0.3 is 15.6 Å². The number of imidazole rings is 2. The molecule has 8 N–H and O–H groups in total. The average Bonchev–Trinajstić information content (AvgIpc) is 3.77. The monoisotopic (exact) mass is 685 g/mol. The van der Waals surface area contributed by atoms with Crippen LogP contribution in [0, 0.1) is 0 Å². The molecule has 7 atom stereocenters. The van der Waals surface area contributed by atoms with Crippen molar-refractivity contribution in [1.82, 2.24) is 39.0 Å². The van der Waals surface area contributed by atoms with Crippen LogP contribution in [0.2, 0.25) is 0 Å². The van der Waals surface area contributed by atoms with Crippen LogP contribution in [-0.2, 0) is 32.2 Å². The molecule has 0 bridgehead atoms. The Kier molecular flexibility index (Phi) is 8.52. The fourth-order valence-corrected chi connectivity index (χ4v) is 6.44. The number of hydrogen-bond acceptors (Lipinski definition) is 16. The van der Waals surface area contributed by atoms with E-state index in [-0.39, 0.29) is 22.9 Å². The van der Waals surface area contributed by atoms with Gasteiger partial charge in [0.05, 0.1) is 44.1 Å². The Morgan fingerprint density at radius 2 is 1.80 bits per heavy atom. The Morgan fingerprint density at radius 3 is 2.57 bits per heavy atom. The van der Waals surface area contributed by atoms with Gasteiger partial charge in [-0.2, -0.15) is 4.98 Å². The number of nitrogens with zero attached hydrogens (tertiary/aromatic N) is 10. The zero-order valence-electron chi connectivity index (χ0n) is 23.2. The Labute approximate surface area is 255 Å². The Balaban J connectivity index is 1.22. The molecule has 246 valence electrons. The Bertz CT molecular complexity index is 1970. The van der Waals surface area contributed by atoms with Crippen molar-refractivity contribution in [1.29, 1.82) is 0 Å². The molecule has 24 nitrogen and oxygen atoms in total. The first kappa shape index (κ1) is 31.9. The van der Waals surface area contributed by atoms with Crippen molar-refractivity contribution in [2.24, 2.45) is 5.11 Å². The smallest absolute Gasteiger partial charge is 0.382 e. The average molecular weight is 685 g/mol. The summed E-state index contributed by atoms with van der Waals surface area (Å²) in [6, 6.07) is -1.52. The van der Waals surface area contributed by atoms with Gasteiger partial charge in [-0.25, -0.2) is 29.1 Å². The second kappa shape index (κ2) is 12.3. The molecular weight excluding hydrogens is 660 g/mol. The van der Waals surface area contributed by atoms with E-state index in [1.807, 2.05) is 0 Å². The summed E-state index contributed by atoms with van der Waals surface area (Å²) in [5.41, 5.74) is 20.5. The van der Waals surface area contributed by atoms with Crippen molar-refractivity contribution < 1.29 is 46.9 Å². The second-order valence-electron chi connectivity index (χ2n) is 10.0. The van der Waals surface area contributed by atoms with Crippen LogP contribution in [0.4, 0.5) is 11.8 Å². The van der Waals surface area contributed by atoms with Crippen LogP contribution >= 0.6 is 15.6 Å². The molecule has 6 heterocycles. The minimum atomic E-state index is -5.03. The number of ether oxygens (including phenoxy) is 2. The highest BCUT2D eigenvalue weighted by Gasteiger charge is 2.50. The van der Waals surface area contributed by atoms with Crippen LogP contribution in [0.25, 0.3) is 32.8 Å². The molecule has 4 aromatic heterocycles. The molecule has 2 saturated heterocycles. The molecule has 0 saturated carbocycles. The zero-order valence-corrected chi connectivity index (χ0v) is 24.9. The van der Waals surface area contributed by atoms with Gasteiger partial charge < -0.3 is 35.6 Å². The predicted molar refractivity (Wildman–Crippen MR) is 151 cm³/mol. The number of hydrogen-bond donors (Lipinski definition) is 6. The summed E-state index contributed by atoms with van der Waals surface area (Å²) >= 11 is 0. The SMILES string of the molecule is [N-]=[N+]=NC1[C@@H](OP(=O)(O)OC[C@@H]2CCC(n3cnc4c(N)ncnc43)O2)[C@H](n2cnc3c(=O)[nH]c(N)nc32)O[C@@H]1COP(=O)(O)O. The third-order valence-electron chi connectivity index (χ3n) is 7.09. The van der Waals surface area contributed by atoms with E-state index in [0.717, 1.165) is 10.9 Å². The molecule has 6 rings (SSSR count). The third kappa shape index (κ3) is 6.45. The number of rotatable bonds is 11. The van der Waals surface area contributed by atoms with E-state index in [0.29, 0.717) is 24.0 Å². The largest absolute Gasteiger partial charge is 0.472 e. The lowest BCUT2D eigenvalue weighted by atomic mass is 10.1. The standard InChI is InChI=1S/C20H25N13O11P2/c21-15-12-16(25-5-24-15)32(6-26-12)10-2-1-8(42-10)3-41-46(38,39)44-14-11(30-31-23)9(4-40-45(35,36)37)43-19(14)33-7-27-13-17(33)28-20(22)29-18(13)34/h5-11,14,19H,1-4H2,(H,38,39)(H2,21,24,25)(H2,35,36,37)(H3,22,28,29,34)/t8-,9+,10?,11?,14+,19+/m0/s1. The normalized spacial score (nSPS) is 26.4. The number of phosphoric ester groups is 2. The number of H-pyrrole nitrogens is 1. The van der Waals surface area contributed by atoms with Crippen molar-refractivity contribution in [2.45, 2.75) is 49.7 Å². The van der Waals surface area contributed by atoms with Crippen molar-refractivity contribution in [2.75, 3.05) is 24.7 Å². The van der Waals surface area contributed by atoms with Gasteiger partial charge in [0, 0.05) is 4.91 Å². The molecule has 2 aliphatic rings. The highest BCUT2D eigenvalue weighted by Crippen LogP contribution is 2.51. The van der Waals surface area contributed by atoms with Crippen LogP contribution in [0.5, 0.6) is 0 Å². The summed E-state index contributed by atoms with van der Waals surface area (Å²) in [6.07, 6.45) is -1.09. The summed E-state index contributed by atoms with van der Waals surface area (Å²) in [7, 11) is -10.0. The number of fused-ring (bicyclic) bond motifs is 2. The molecular formula is C20H25N13O11P2. The summed E-state index contributed by atoms with van der Waals surface area (Å²) in [6.45, 7) is -1.24. The van der Waals surface area contributed by atoms with Crippen LogP contribution in [-0.4, -0.2) is 91.3 Å². The molecule has 0 aliphatic carbocycles. The molecule has 26 heteroatoms. The van der Waals surface area contributed by atoms with Gasteiger partial charge in [0.15, 0.2) is 28.9 Å². The molecule has 2 fully saturated rings. The van der Waals surface area contributed by atoms with E-state index in [1.165, 1.54) is 12.7 Å². The number of nitrogen functional groups attached to an aromatic ring is 2. The van der Waals surface area contributed by atoms with Gasteiger partial charge in [-0.1, -0.05) is 5.11 Å². The molecule has 0 aromatic carbocycles. The minimum Gasteiger partial charge on any atom is -0.382 e. The summed E-state index contributed by atoms with van der Waals surface area (Å²) in [4.78, 5) is 66.7. The first-order valence-electron chi connectivity index (χ1n) is 13.2. The fraction of sp³-hybridized carbons (Fsp3) is 0.500. The summed E-state index contributed by atoms with van der Waals surface area (Å²) in [5.74, 6) is -0.105. The van der Waals surface area contributed by atoms with Gasteiger partial charge in [-0.15, -0.1) is 0 Å². The highest BCUT2D eigenvalue weighted by atomic mass is 31.2. The lowest BCUT2D eigenvalue weighted by Gasteiger charge is -2.25. The number of aromatic nitrogens is 8. The Hall–Kier alpha value is -4.05. The number of azide groups is 1. The minimum absolute atomic E-state index is 0.144. The summed E-state index contributed by atoms with van der Waals surface area (Å²) < 4.78 is 54.4. The number of aromatic amines is 1. The summed E-state index contributed by atoms with van der Waals surface area (Å²) in [5, 5.41) is 3.56. The molecule has 0 spiro atoms. The molecule has 0 amide bonds. The van der Waals surface area contributed by atoms with Crippen LogP contribution in [0.3, 0.4) is 0 Å². The molecule has 3 unspecified atom stereocenters. The maximum Gasteiger partial charge on any atom is 0.472 e. The second-order valence-corrected chi connectivity index (χ2v) is 12.7. The molecule has 46 heavy (non-hydrogen) atoms. The number of anilines is 2. The Morgan fingerprint density at radius 1 is 1.04 bits per heavy atom. The van der Waals surface area contributed by atoms with E-state index in [2.05, 4.69) is 44.5 Å². The highest BCUT2D eigenvalue weighted by molar-refractivity contribution is 7.47. The van der Waals surface area contributed by atoms with Crippen LogP contribution in [0.1, 0.15) is 25.3 Å². The predicted octanol–water partition coefficient (Wildman–Crippen LogP) is -0.0107. The number of nitrogens with two attached hydrogens (primary N) is 2. The van der Waals surface area contributed by atoms with E-state index < -0.39 is 71.2 Å². The lowest BCUT2D eigenvalue weighted by molar-refractivity contribution is -0.0531. The third-order valence-corrected chi connectivity index (χ3v) is 8.56. The maximum atomic E-state index is 13.3. The van der Waals surface area contributed by atoms with Crippen molar-refractivity contribution in [3.8, 4) is 0 Å². The van der Waals surface area contributed by atoms with Crippen molar-refractivity contribution >= 4 is 49.7 Å². The van der Waals surface area contributed by atoms with E-state index in [1.54, 1.807) is 4.57 Å². The quantitative estimate of drug-likeness (QED) is 0.0523. The van der Waals surface area contributed by atoms with Gasteiger partial charge in [-0.05, 0) is 18.4 Å². The van der Waals surface area contributed by atoms with Gasteiger partial charge in [0.25, 0.3) is 5.56 Å². The van der Waals surface area contributed by atoms with Gasteiger partial charge in [-0.3, -0.25) is 32.5 Å². The lowest BCUT2D eigenvalue weighted by Crippen LogP contribution is -2.34. The first-order chi connectivity index (χ1) is 21.8. The molecule has 2 aliphatic heterocycles. The number of nitrogens with one attached hydrogen (secondary N) is 1. The van der Waals surface area contributed by atoms with Crippen molar-refractivity contribution in [3.63, 3.8) is 0 Å². The van der Waals surface area contributed by atoms with E-state index in [9.17, 15) is 34.1 Å². The van der Waals surface area contributed by atoms with E-state index in [4.69, 9.17) is 30.0 Å². The molecule has 4 aromatic rings. The maximum absolute atomic E-state index is 13.3. The topological polar surface area (TPSA) is 349 Å². The fourth-order valence-electron chi connectivity index (χ4n) is 5.15. The van der Waals surface area contributed by atoms with Crippen molar-refractivity contribution in [3.05, 3.63) is 39.8 Å². The van der Waals surface area contributed by atoms with E-state index >= 15 is 0 Å². The van der Waals surface area contributed by atoms with Crippen LogP contribution in [0.15, 0.2) is 28.9 Å². The van der Waals surface area contributed by atoms with Gasteiger partial charge in [0.1, 0.15) is 24.2 Å². The van der Waals surface area contributed by atoms with Gasteiger partial charge in [0.2, 0.25) is 5.95 Å². The molecule has 0 radical (unpaired) electrons. The number of phosphoric acid groups is 2.